The van der Waals surface area contributed by atoms with Gasteiger partial charge in [-0.15, -0.1) is 0 Å². The number of aryl methyl sites for hydroxylation is 1. The van der Waals surface area contributed by atoms with Crippen molar-refractivity contribution in [2.75, 3.05) is 13.7 Å². The molecule has 2 aromatic carbocycles. The Morgan fingerprint density at radius 1 is 1.04 bits per heavy atom. The number of urea groups is 1. The Hall–Kier alpha value is -2.53. The number of amides is 2. The predicted octanol–water partition coefficient (Wildman–Crippen LogP) is 2.54. The number of benzene rings is 2. The Balaban J connectivity index is 1.72. The van der Waals surface area contributed by atoms with Crippen LogP contribution in [0.15, 0.2) is 42.5 Å². The smallest absolute Gasteiger partial charge is 0.315 e. The van der Waals surface area contributed by atoms with Gasteiger partial charge in [0.1, 0.15) is 5.75 Å². The van der Waals surface area contributed by atoms with Gasteiger partial charge in [-0.3, -0.25) is 0 Å². The van der Waals surface area contributed by atoms with E-state index in [0.29, 0.717) is 13.1 Å². The zero-order valence-corrected chi connectivity index (χ0v) is 14.1. The van der Waals surface area contributed by atoms with Crippen LogP contribution in [0.2, 0.25) is 0 Å². The summed E-state index contributed by atoms with van der Waals surface area (Å²) in [4.78, 5) is 11.8. The van der Waals surface area contributed by atoms with Crippen molar-refractivity contribution in [3.63, 3.8) is 0 Å². The van der Waals surface area contributed by atoms with Crippen molar-refractivity contribution in [3.8, 4) is 5.75 Å². The SMILES string of the molecule is COc1ccc(CNC(=O)NCCc2ccc(CO)cc2)cc1C. The molecule has 0 aliphatic carbocycles. The molecule has 2 aromatic rings. The van der Waals surface area contributed by atoms with Crippen molar-refractivity contribution in [2.24, 2.45) is 0 Å². The van der Waals surface area contributed by atoms with E-state index >= 15 is 0 Å². The van der Waals surface area contributed by atoms with E-state index in [-0.39, 0.29) is 12.6 Å². The van der Waals surface area contributed by atoms with Crippen LogP contribution in [0, 0.1) is 6.92 Å². The predicted molar refractivity (Wildman–Crippen MR) is 94.0 cm³/mol. The van der Waals surface area contributed by atoms with Gasteiger partial charge in [-0.05, 0) is 41.7 Å². The van der Waals surface area contributed by atoms with E-state index in [2.05, 4.69) is 10.6 Å². The molecule has 0 aliphatic rings. The Morgan fingerprint density at radius 3 is 2.33 bits per heavy atom. The van der Waals surface area contributed by atoms with E-state index in [1.165, 1.54) is 0 Å². The normalized spacial score (nSPS) is 10.3. The first-order valence-corrected chi connectivity index (χ1v) is 7.96. The maximum atomic E-state index is 11.8. The summed E-state index contributed by atoms with van der Waals surface area (Å²) in [5, 5.41) is 14.7. The van der Waals surface area contributed by atoms with Gasteiger partial charge in [0.05, 0.1) is 13.7 Å². The fourth-order valence-electron chi connectivity index (χ4n) is 2.43. The van der Waals surface area contributed by atoms with Gasteiger partial charge in [-0.25, -0.2) is 4.79 Å². The number of hydrogen-bond acceptors (Lipinski definition) is 3. The second-order valence-electron chi connectivity index (χ2n) is 5.64. The molecule has 2 amide bonds. The van der Waals surface area contributed by atoms with E-state index in [9.17, 15) is 4.79 Å². The van der Waals surface area contributed by atoms with Gasteiger partial charge in [0.15, 0.2) is 0 Å². The van der Waals surface area contributed by atoms with Gasteiger partial charge in [0, 0.05) is 13.1 Å². The molecule has 5 nitrogen and oxygen atoms in total. The Labute approximate surface area is 142 Å². The zero-order valence-electron chi connectivity index (χ0n) is 14.1. The van der Waals surface area contributed by atoms with E-state index in [1.54, 1.807) is 7.11 Å². The van der Waals surface area contributed by atoms with Crippen LogP contribution in [0.25, 0.3) is 0 Å². The summed E-state index contributed by atoms with van der Waals surface area (Å²) in [5.41, 5.74) is 4.09. The summed E-state index contributed by atoms with van der Waals surface area (Å²) in [7, 11) is 1.64. The summed E-state index contributed by atoms with van der Waals surface area (Å²) in [6, 6.07) is 13.4. The minimum atomic E-state index is -0.185. The molecule has 2 rings (SSSR count). The summed E-state index contributed by atoms with van der Waals surface area (Å²) in [6.45, 7) is 3.06. The Morgan fingerprint density at radius 2 is 1.71 bits per heavy atom. The first-order chi connectivity index (χ1) is 11.6. The molecule has 0 saturated carbocycles. The van der Waals surface area contributed by atoms with Gasteiger partial charge in [-0.2, -0.15) is 0 Å². The lowest BCUT2D eigenvalue weighted by molar-refractivity contribution is 0.240. The van der Waals surface area contributed by atoms with Crippen molar-refractivity contribution in [1.82, 2.24) is 10.6 Å². The van der Waals surface area contributed by atoms with E-state index in [1.807, 2.05) is 49.4 Å². The molecular weight excluding hydrogens is 304 g/mol. The Bertz CT molecular complexity index is 669. The number of hydrogen-bond donors (Lipinski definition) is 3. The average Bonchev–Trinajstić information content (AvgIpc) is 2.60. The van der Waals surface area contributed by atoms with E-state index in [0.717, 1.165) is 34.4 Å². The topological polar surface area (TPSA) is 70.6 Å². The lowest BCUT2D eigenvalue weighted by Gasteiger charge is -2.10. The van der Waals surface area contributed by atoms with Crippen LogP contribution in [0.1, 0.15) is 22.3 Å². The highest BCUT2D eigenvalue weighted by Gasteiger charge is 2.03. The van der Waals surface area contributed by atoms with Crippen LogP contribution in [-0.2, 0) is 19.6 Å². The Kier molecular flexibility index (Phi) is 6.63. The number of aliphatic hydroxyl groups excluding tert-OH is 1. The van der Waals surface area contributed by atoms with Gasteiger partial charge in [0.2, 0.25) is 0 Å². The summed E-state index contributed by atoms with van der Waals surface area (Å²) < 4.78 is 5.22. The van der Waals surface area contributed by atoms with Gasteiger partial charge in [-0.1, -0.05) is 36.4 Å². The molecule has 0 fully saturated rings. The van der Waals surface area contributed by atoms with Gasteiger partial charge in [0.25, 0.3) is 0 Å². The molecule has 0 radical (unpaired) electrons. The minimum absolute atomic E-state index is 0.0474. The van der Waals surface area contributed by atoms with Crippen LogP contribution in [-0.4, -0.2) is 24.8 Å². The average molecular weight is 328 g/mol. The molecule has 0 saturated heterocycles. The van der Waals surface area contributed by atoms with Crippen LogP contribution >= 0.6 is 0 Å². The molecule has 0 unspecified atom stereocenters. The summed E-state index contributed by atoms with van der Waals surface area (Å²) >= 11 is 0. The highest BCUT2D eigenvalue weighted by atomic mass is 16.5. The van der Waals surface area contributed by atoms with Crippen LogP contribution in [0.3, 0.4) is 0 Å². The van der Waals surface area contributed by atoms with Crippen molar-refractivity contribution in [3.05, 3.63) is 64.7 Å². The standard InChI is InChI=1S/C19H24N2O3/c1-14-11-17(7-8-18(14)24-2)12-21-19(23)20-10-9-15-3-5-16(13-22)6-4-15/h3-8,11,22H,9-10,12-13H2,1-2H3,(H2,20,21,23). The van der Waals surface area contributed by atoms with E-state index < -0.39 is 0 Å². The molecule has 3 N–H and O–H groups in total. The lowest BCUT2D eigenvalue weighted by atomic mass is 10.1. The van der Waals surface area contributed by atoms with Crippen LogP contribution in [0.4, 0.5) is 4.79 Å². The molecule has 24 heavy (non-hydrogen) atoms. The first-order valence-electron chi connectivity index (χ1n) is 7.96. The maximum absolute atomic E-state index is 11.8. The van der Waals surface area contributed by atoms with E-state index in [4.69, 9.17) is 9.84 Å². The van der Waals surface area contributed by atoms with Crippen LogP contribution < -0.4 is 15.4 Å². The molecular formula is C19H24N2O3. The molecule has 0 aromatic heterocycles. The molecule has 0 atom stereocenters. The zero-order chi connectivity index (χ0) is 17.4. The molecule has 5 heteroatoms. The molecule has 0 spiro atoms. The van der Waals surface area contributed by atoms with Crippen molar-refractivity contribution in [1.29, 1.82) is 0 Å². The summed E-state index contributed by atoms with van der Waals surface area (Å²) in [6.07, 6.45) is 0.751. The van der Waals surface area contributed by atoms with Crippen molar-refractivity contribution >= 4 is 6.03 Å². The third kappa shape index (κ3) is 5.28. The van der Waals surface area contributed by atoms with Gasteiger partial charge >= 0.3 is 6.03 Å². The third-order valence-electron chi connectivity index (χ3n) is 3.82. The second kappa shape index (κ2) is 8.93. The lowest BCUT2D eigenvalue weighted by Crippen LogP contribution is -2.36. The fourth-order valence-corrected chi connectivity index (χ4v) is 2.43. The highest BCUT2D eigenvalue weighted by Crippen LogP contribution is 2.18. The highest BCUT2D eigenvalue weighted by molar-refractivity contribution is 5.73. The monoisotopic (exact) mass is 328 g/mol. The third-order valence-corrected chi connectivity index (χ3v) is 3.82. The van der Waals surface area contributed by atoms with Crippen molar-refractivity contribution < 1.29 is 14.6 Å². The number of carbonyl (C=O) groups is 1. The molecule has 128 valence electrons. The number of nitrogens with one attached hydrogen (secondary N) is 2. The van der Waals surface area contributed by atoms with Crippen LogP contribution in [0.5, 0.6) is 5.75 Å². The number of rotatable bonds is 7. The molecule has 0 heterocycles. The number of aliphatic hydroxyl groups is 1. The summed E-state index contributed by atoms with van der Waals surface area (Å²) in [5.74, 6) is 0.843. The minimum Gasteiger partial charge on any atom is -0.496 e. The largest absolute Gasteiger partial charge is 0.496 e. The second-order valence-corrected chi connectivity index (χ2v) is 5.64. The quantitative estimate of drug-likeness (QED) is 0.731. The fraction of sp³-hybridized carbons (Fsp3) is 0.316. The van der Waals surface area contributed by atoms with Gasteiger partial charge < -0.3 is 20.5 Å². The number of ether oxygens (including phenoxy) is 1. The molecule has 0 aliphatic heterocycles. The molecule has 0 bridgehead atoms. The van der Waals surface area contributed by atoms with Crippen molar-refractivity contribution in [2.45, 2.75) is 26.5 Å². The number of methoxy groups -OCH3 is 1. The first kappa shape index (κ1) is 17.8. The number of carbonyl (C=O) groups excluding carboxylic acids is 1. The maximum Gasteiger partial charge on any atom is 0.315 e.